The molecule has 5 heteroatoms. The van der Waals surface area contributed by atoms with E-state index in [0.717, 1.165) is 6.42 Å². The third-order valence-corrected chi connectivity index (χ3v) is 4.23. The molecule has 108 valence electrons. The lowest BCUT2D eigenvalue weighted by molar-refractivity contribution is -0.156. The van der Waals surface area contributed by atoms with E-state index in [2.05, 4.69) is 4.74 Å². The van der Waals surface area contributed by atoms with E-state index in [-0.39, 0.29) is 24.5 Å². The Morgan fingerprint density at radius 2 is 2.05 bits per heavy atom. The van der Waals surface area contributed by atoms with Gasteiger partial charge < -0.3 is 14.6 Å². The zero-order chi connectivity index (χ0) is 14.0. The second-order valence-corrected chi connectivity index (χ2v) is 5.78. The van der Waals surface area contributed by atoms with E-state index in [0.29, 0.717) is 12.3 Å². The van der Waals surface area contributed by atoms with Crippen molar-refractivity contribution in [3.8, 4) is 0 Å². The average molecular weight is 270 g/mol. The highest BCUT2D eigenvalue weighted by Gasteiger charge is 2.42. The molecule has 2 aliphatic rings. The molecule has 0 bridgehead atoms. The van der Waals surface area contributed by atoms with E-state index in [4.69, 9.17) is 4.74 Å². The number of ether oxygens (including phenoxy) is 2. The minimum absolute atomic E-state index is 0.00551. The molecular weight excluding hydrogens is 248 g/mol. The first kappa shape index (κ1) is 14.3. The highest BCUT2D eigenvalue weighted by atomic mass is 16.5. The minimum atomic E-state index is -0.904. The largest absolute Gasteiger partial charge is 0.481 e. The van der Waals surface area contributed by atoms with Gasteiger partial charge in [-0.1, -0.05) is 0 Å². The van der Waals surface area contributed by atoms with E-state index in [1.165, 1.54) is 20.0 Å². The van der Waals surface area contributed by atoms with Crippen LogP contribution in [-0.2, 0) is 19.1 Å². The normalized spacial score (nSPS) is 32.6. The van der Waals surface area contributed by atoms with Crippen molar-refractivity contribution >= 4 is 11.9 Å². The molecule has 2 fully saturated rings. The maximum Gasteiger partial charge on any atom is 0.307 e. The van der Waals surface area contributed by atoms with Gasteiger partial charge in [0, 0.05) is 0 Å². The summed E-state index contributed by atoms with van der Waals surface area (Å²) in [4.78, 5) is 22.8. The Morgan fingerprint density at radius 3 is 2.58 bits per heavy atom. The highest BCUT2D eigenvalue weighted by Crippen LogP contribution is 2.43. The molecule has 1 heterocycles. The van der Waals surface area contributed by atoms with Crippen LogP contribution in [0.15, 0.2) is 0 Å². The lowest BCUT2D eigenvalue weighted by atomic mass is 9.79. The van der Waals surface area contributed by atoms with Crippen molar-refractivity contribution in [2.45, 2.75) is 51.2 Å². The summed E-state index contributed by atoms with van der Waals surface area (Å²) < 4.78 is 10.5. The van der Waals surface area contributed by atoms with E-state index in [1.807, 2.05) is 6.92 Å². The molecule has 0 aromatic heterocycles. The number of esters is 1. The second-order valence-electron chi connectivity index (χ2n) is 5.78. The van der Waals surface area contributed by atoms with Crippen LogP contribution in [0.4, 0.5) is 0 Å². The fraction of sp³-hybridized carbons (Fsp3) is 0.857. The summed E-state index contributed by atoms with van der Waals surface area (Å²) in [6, 6.07) is 0. The van der Waals surface area contributed by atoms with Crippen molar-refractivity contribution in [2.75, 3.05) is 7.11 Å². The van der Waals surface area contributed by atoms with E-state index >= 15 is 0 Å². The number of carbonyl (C=O) groups excluding carboxylic acids is 1. The molecule has 1 saturated carbocycles. The van der Waals surface area contributed by atoms with Gasteiger partial charge >= 0.3 is 11.9 Å². The molecule has 1 N–H and O–H groups in total. The molecule has 0 spiro atoms. The first-order chi connectivity index (χ1) is 9.01. The number of methoxy groups -OCH3 is 1. The van der Waals surface area contributed by atoms with Crippen LogP contribution >= 0.6 is 0 Å². The Hall–Kier alpha value is -1.10. The van der Waals surface area contributed by atoms with Gasteiger partial charge in [0.2, 0.25) is 0 Å². The van der Waals surface area contributed by atoms with Crippen LogP contribution in [0.3, 0.4) is 0 Å². The summed E-state index contributed by atoms with van der Waals surface area (Å²) in [6.45, 7) is 1.98. The number of hydrogen-bond donors (Lipinski definition) is 1. The standard InChI is InChI=1S/C14H22O5/c1-8-5-10(6-12(19-8)9-3-4-9)11(14(16)17)7-13(15)18-2/h8-12H,3-7H2,1-2H3,(H,16,17)/t8-,10-,11-,12+/m0/s1. The maximum absolute atomic E-state index is 11.4. The maximum atomic E-state index is 11.4. The van der Waals surface area contributed by atoms with Gasteiger partial charge in [-0.3, -0.25) is 9.59 Å². The van der Waals surface area contributed by atoms with Crippen LogP contribution in [0.25, 0.3) is 0 Å². The molecule has 5 nitrogen and oxygen atoms in total. The Morgan fingerprint density at radius 1 is 1.37 bits per heavy atom. The number of aliphatic carboxylic acids is 1. The van der Waals surface area contributed by atoms with Crippen LogP contribution < -0.4 is 0 Å². The van der Waals surface area contributed by atoms with Crippen LogP contribution in [0.1, 0.15) is 39.0 Å². The highest BCUT2D eigenvalue weighted by molar-refractivity contribution is 5.79. The first-order valence-electron chi connectivity index (χ1n) is 6.96. The fourth-order valence-electron chi connectivity index (χ4n) is 3.05. The predicted molar refractivity (Wildman–Crippen MR) is 67.5 cm³/mol. The predicted octanol–water partition coefficient (Wildman–Crippen LogP) is 1.84. The Kier molecular flexibility index (Phi) is 4.45. The zero-order valence-corrected chi connectivity index (χ0v) is 11.5. The molecule has 2 rings (SSSR count). The van der Waals surface area contributed by atoms with Gasteiger partial charge in [-0.05, 0) is 44.4 Å². The Balaban J connectivity index is 2.02. The van der Waals surface area contributed by atoms with Gasteiger partial charge in [0.25, 0.3) is 0 Å². The van der Waals surface area contributed by atoms with Crippen LogP contribution in [-0.4, -0.2) is 36.4 Å². The number of carboxylic acid groups (broad SMARTS) is 1. The number of carboxylic acids is 1. The summed E-state index contributed by atoms with van der Waals surface area (Å²) in [7, 11) is 1.29. The Labute approximate surface area is 113 Å². The number of carbonyl (C=O) groups is 2. The molecule has 0 unspecified atom stereocenters. The van der Waals surface area contributed by atoms with Gasteiger partial charge in [0.15, 0.2) is 0 Å². The van der Waals surface area contributed by atoms with Gasteiger partial charge in [-0.15, -0.1) is 0 Å². The molecule has 0 aromatic carbocycles. The molecule has 0 amide bonds. The summed E-state index contributed by atoms with van der Waals surface area (Å²) >= 11 is 0. The third-order valence-electron chi connectivity index (χ3n) is 4.23. The molecule has 0 radical (unpaired) electrons. The summed E-state index contributed by atoms with van der Waals surface area (Å²) in [6.07, 6.45) is 4.02. The smallest absolute Gasteiger partial charge is 0.307 e. The molecule has 1 aliphatic heterocycles. The van der Waals surface area contributed by atoms with Crippen LogP contribution in [0.5, 0.6) is 0 Å². The molecule has 1 saturated heterocycles. The number of hydrogen-bond acceptors (Lipinski definition) is 4. The molecule has 4 atom stereocenters. The van der Waals surface area contributed by atoms with Gasteiger partial charge in [-0.25, -0.2) is 0 Å². The lowest BCUT2D eigenvalue weighted by Crippen LogP contribution is -2.38. The van der Waals surface area contributed by atoms with Crippen LogP contribution in [0, 0.1) is 17.8 Å². The van der Waals surface area contributed by atoms with Crippen LogP contribution in [0.2, 0.25) is 0 Å². The van der Waals surface area contributed by atoms with E-state index in [9.17, 15) is 14.7 Å². The van der Waals surface area contributed by atoms with Crippen molar-refractivity contribution in [3.05, 3.63) is 0 Å². The molecule has 19 heavy (non-hydrogen) atoms. The topological polar surface area (TPSA) is 72.8 Å². The average Bonchev–Trinajstić information content (AvgIpc) is 3.18. The van der Waals surface area contributed by atoms with Crippen molar-refractivity contribution in [2.24, 2.45) is 17.8 Å². The molecule has 1 aliphatic carbocycles. The first-order valence-corrected chi connectivity index (χ1v) is 6.96. The molecular formula is C14H22O5. The van der Waals surface area contributed by atoms with E-state index in [1.54, 1.807) is 0 Å². The summed E-state index contributed by atoms with van der Waals surface area (Å²) in [5.41, 5.74) is 0. The quantitative estimate of drug-likeness (QED) is 0.772. The van der Waals surface area contributed by atoms with Gasteiger partial charge in [0.05, 0.1) is 31.7 Å². The minimum Gasteiger partial charge on any atom is -0.481 e. The third kappa shape index (κ3) is 3.69. The van der Waals surface area contributed by atoms with Gasteiger partial charge in [0.1, 0.15) is 0 Å². The monoisotopic (exact) mass is 270 g/mol. The SMILES string of the molecule is COC(=O)C[C@H](C(=O)O)[C@H]1C[C@H](C)O[C@@H](C2CC2)C1. The van der Waals surface area contributed by atoms with Crippen molar-refractivity contribution in [1.29, 1.82) is 0 Å². The van der Waals surface area contributed by atoms with Gasteiger partial charge in [-0.2, -0.15) is 0 Å². The fourth-order valence-corrected chi connectivity index (χ4v) is 3.05. The van der Waals surface area contributed by atoms with E-state index < -0.39 is 17.9 Å². The summed E-state index contributed by atoms with van der Waals surface area (Å²) in [5, 5.41) is 9.35. The van der Waals surface area contributed by atoms with Crippen molar-refractivity contribution < 1.29 is 24.2 Å². The second kappa shape index (κ2) is 5.90. The summed E-state index contributed by atoms with van der Waals surface area (Å²) in [5.74, 6) is -1.41. The van der Waals surface area contributed by atoms with Crippen molar-refractivity contribution in [3.63, 3.8) is 0 Å². The van der Waals surface area contributed by atoms with Crippen molar-refractivity contribution in [1.82, 2.24) is 0 Å². The Bertz CT molecular complexity index is 350. The zero-order valence-electron chi connectivity index (χ0n) is 11.5. The number of rotatable bonds is 5. The molecule has 0 aromatic rings. The lowest BCUT2D eigenvalue weighted by Gasteiger charge is -2.36.